The Bertz CT molecular complexity index is 729. The second-order valence-electron chi connectivity index (χ2n) is 5.20. The fourth-order valence-electron chi connectivity index (χ4n) is 2.91. The van der Waals surface area contributed by atoms with Crippen molar-refractivity contribution in [2.24, 2.45) is 10.7 Å². The highest BCUT2D eigenvalue weighted by Crippen LogP contribution is 2.45. The fourth-order valence-corrected chi connectivity index (χ4v) is 2.91. The van der Waals surface area contributed by atoms with Gasteiger partial charge in [-0.15, -0.1) is 17.0 Å². The molecule has 0 spiro atoms. The summed E-state index contributed by atoms with van der Waals surface area (Å²) in [6.07, 6.45) is 0. The van der Waals surface area contributed by atoms with Gasteiger partial charge in [0.1, 0.15) is 5.75 Å². The van der Waals surface area contributed by atoms with Crippen LogP contribution in [0.3, 0.4) is 0 Å². The number of rotatable bonds is 0. The Morgan fingerprint density at radius 2 is 2.00 bits per heavy atom. The Labute approximate surface area is 134 Å². The number of aryl methyl sites for hydroxylation is 1. The van der Waals surface area contributed by atoms with Gasteiger partial charge in [0.15, 0.2) is 11.7 Å². The summed E-state index contributed by atoms with van der Waals surface area (Å²) in [7, 11) is 0. The maximum Gasteiger partial charge on any atom is 0.196 e. The van der Waals surface area contributed by atoms with Gasteiger partial charge < -0.3 is 10.5 Å². The van der Waals surface area contributed by atoms with Crippen LogP contribution in [0.2, 0.25) is 0 Å². The van der Waals surface area contributed by atoms with Gasteiger partial charge in [-0.2, -0.15) is 0 Å². The molecule has 0 aromatic heterocycles. The Balaban J connectivity index is 0.00000132. The molecule has 0 saturated heterocycles. The third-order valence-corrected chi connectivity index (χ3v) is 3.85. The van der Waals surface area contributed by atoms with E-state index >= 15 is 0 Å². The standard InChI is InChI=1S/C16H15N3O.BrH/c1-10-6-7-14-11(8-10)13-9-18-16(17)19(13)12-4-2-3-5-15(12)20-14;/h2-8,13H,9H2,1H3,(H2,17,18);1H. The number of anilines is 1. The number of nitrogens with zero attached hydrogens (tertiary/aromatic N) is 2. The molecule has 0 bridgehead atoms. The van der Waals surface area contributed by atoms with E-state index in [4.69, 9.17) is 10.5 Å². The summed E-state index contributed by atoms with van der Waals surface area (Å²) in [6.45, 7) is 2.75. The first-order valence-electron chi connectivity index (χ1n) is 6.70. The summed E-state index contributed by atoms with van der Waals surface area (Å²) < 4.78 is 6.09. The minimum absolute atomic E-state index is 0. The van der Waals surface area contributed by atoms with Crippen molar-refractivity contribution >= 4 is 28.6 Å². The van der Waals surface area contributed by atoms with Crippen LogP contribution in [0.5, 0.6) is 11.5 Å². The number of guanidine groups is 1. The van der Waals surface area contributed by atoms with Crippen LogP contribution < -0.4 is 15.4 Å². The van der Waals surface area contributed by atoms with Crippen molar-refractivity contribution in [3.63, 3.8) is 0 Å². The first-order chi connectivity index (χ1) is 9.74. The molecule has 108 valence electrons. The summed E-state index contributed by atoms with van der Waals surface area (Å²) in [4.78, 5) is 6.48. The predicted molar refractivity (Wildman–Crippen MR) is 89.7 cm³/mol. The van der Waals surface area contributed by atoms with E-state index in [1.807, 2.05) is 30.3 Å². The van der Waals surface area contributed by atoms with E-state index < -0.39 is 0 Å². The van der Waals surface area contributed by atoms with Crippen LogP contribution in [0.25, 0.3) is 0 Å². The zero-order valence-corrected chi connectivity index (χ0v) is 13.3. The lowest BCUT2D eigenvalue weighted by atomic mass is 10.0. The van der Waals surface area contributed by atoms with E-state index in [1.54, 1.807) is 0 Å². The van der Waals surface area contributed by atoms with E-state index in [0.717, 1.165) is 22.7 Å². The second-order valence-corrected chi connectivity index (χ2v) is 5.20. The van der Waals surface area contributed by atoms with Crippen molar-refractivity contribution in [3.05, 3.63) is 53.6 Å². The maximum absolute atomic E-state index is 6.09. The summed E-state index contributed by atoms with van der Waals surface area (Å²) in [5, 5.41) is 0. The molecule has 2 aromatic carbocycles. The Kier molecular flexibility index (Phi) is 3.37. The smallest absolute Gasteiger partial charge is 0.196 e. The van der Waals surface area contributed by atoms with Gasteiger partial charge in [-0.05, 0) is 25.1 Å². The first kappa shape index (κ1) is 13.9. The van der Waals surface area contributed by atoms with Gasteiger partial charge in [0.05, 0.1) is 18.3 Å². The molecule has 5 heteroatoms. The summed E-state index contributed by atoms with van der Waals surface area (Å²) in [6, 6.07) is 14.3. The third kappa shape index (κ3) is 2.08. The number of benzene rings is 2. The third-order valence-electron chi connectivity index (χ3n) is 3.85. The number of para-hydroxylation sites is 2. The molecule has 0 radical (unpaired) electrons. The van der Waals surface area contributed by atoms with E-state index in [0.29, 0.717) is 12.5 Å². The Hall–Kier alpha value is -2.01. The summed E-state index contributed by atoms with van der Waals surface area (Å²) >= 11 is 0. The number of nitrogens with two attached hydrogens (primary N) is 1. The second kappa shape index (κ2) is 5.07. The predicted octanol–water partition coefficient (Wildman–Crippen LogP) is 3.55. The van der Waals surface area contributed by atoms with Crippen LogP contribution in [-0.4, -0.2) is 12.5 Å². The molecular formula is C16H16BrN3O. The molecule has 1 atom stereocenters. The normalized spacial score (nSPS) is 18.4. The van der Waals surface area contributed by atoms with Gasteiger partial charge >= 0.3 is 0 Å². The van der Waals surface area contributed by atoms with Crippen LogP contribution in [0.15, 0.2) is 47.5 Å². The summed E-state index contributed by atoms with van der Waals surface area (Å²) in [5.74, 6) is 2.26. The van der Waals surface area contributed by atoms with E-state index in [1.165, 1.54) is 5.56 Å². The molecule has 0 fully saturated rings. The van der Waals surface area contributed by atoms with E-state index in [-0.39, 0.29) is 23.0 Å². The highest BCUT2D eigenvalue weighted by molar-refractivity contribution is 8.93. The first-order valence-corrected chi connectivity index (χ1v) is 6.70. The lowest BCUT2D eigenvalue weighted by molar-refractivity contribution is 0.482. The molecule has 21 heavy (non-hydrogen) atoms. The summed E-state index contributed by atoms with van der Waals surface area (Å²) in [5.41, 5.74) is 9.42. The SMILES string of the molecule is Br.Cc1ccc2c(c1)C1CN=C(N)N1c1ccccc1O2. The van der Waals surface area contributed by atoms with Crippen LogP contribution in [0.4, 0.5) is 5.69 Å². The molecule has 2 aliphatic rings. The lowest BCUT2D eigenvalue weighted by Gasteiger charge is -2.25. The van der Waals surface area contributed by atoms with Crippen molar-refractivity contribution in [1.29, 1.82) is 0 Å². The number of hydrogen-bond donors (Lipinski definition) is 1. The molecule has 4 nitrogen and oxygen atoms in total. The largest absolute Gasteiger partial charge is 0.455 e. The van der Waals surface area contributed by atoms with Gasteiger partial charge in [0.25, 0.3) is 0 Å². The number of aliphatic imine (C=N–C) groups is 1. The van der Waals surface area contributed by atoms with Gasteiger partial charge in [-0.3, -0.25) is 9.89 Å². The monoisotopic (exact) mass is 345 g/mol. The van der Waals surface area contributed by atoms with Crippen molar-refractivity contribution in [2.45, 2.75) is 13.0 Å². The average molecular weight is 346 g/mol. The van der Waals surface area contributed by atoms with Crippen LogP contribution in [0.1, 0.15) is 17.2 Å². The highest BCUT2D eigenvalue weighted by atomic mass is 79.9. The molecule has 4 rings (SSSR count). The van der Waals surface area contributed by atoms with Gasteiger partial charge in [0.2, 0.25) is 0 Å². The molecule has 2 heterocycles. The van der Waals surface area contributed by atoms with Gasteiger partial charge in [-0.1, -0.05) is 29.8 Å². The molecule has 0 aliphatic carbocycles. The van der Waals surface area contributed by atoms with Crippen molar-refractivity contribution in [2.75, 3.05) is 11.4 Å². The van der Waals surface area contributed by atoms with Crippen LogP contribution in [0, 0.1) is 6.92 Å². The maximum atomic E-state index is 6.09. The zero-order valence-electron chi connectivity index (χ0n) is 11.6. The fraction of sp³-hybridized carbons (Fsp3) is 0.188. The molecule has 2 aromatic rings. The van der Waals surface area contributed by atoms with E-state index in [2.05, 4.69) is 28.9 Å². The molecule has 0 saturated carbocycles. The highest BCUT2D eigenvalue weighted by Gasteiger charge is 2.35. The lowest BCUT2D eigenvalue weighted by Crippen LogP contribution is -2.35. The van der Waals surface area contributed by atoms with Crippen molar-refractivity contribution in [1.82, 2.24) is 0 Å². The minimum Gasteiger partial charge on any atom is -0.455 e. The number of halogens is 1. The minimum atomic E-state index is 0. The Morgan fingerprint density at radius 1 is 1.19 bits per heavy atom. The zero-order chi connectivity index (χ0) is 13.7. The molecular weight excluding hydrogens is 330 g/mol. The average Bonchev–Trinajstić information content (AvgIpc) is 2.76. The topological polar surface area (TPSA) is 50.8 Å². The van der Waals surface area contributed by atoms with Crippen LogP contribution in [-0.2, 0) is 0 Å². The number of ether oxygens (including phenoxy) is 1. The molecule has 2 aliphatic heterocycles. The number of hydrogen-bond acceptors (Lipinski definition) is 4. The van der Waals surface area contributed by atoms with Gasteiger partial charge in [-0.25, -0.2) is 0 Å². The van der Waals surface area contributed by atoms with E-state index in [9.17, 15) is 0 Å². The number of fused-ring (bicyclic) bond motifs is 5. The van der Waals surface area contributed by atoms with Crippen molar-refractivity contribution < 1.29 is 4.74 Å². The quantitative estimate of drug-likeness (QED) is 0.794. The van der Waals surface area contributed by atoms with Crippen LogP contribution >= 0.6 is 17.0 Å². The Morgan fingerprint density at radius 3 is 2.86 bits per heavy atom. The molecule has 0 amide bonds. The molecule has 2 N–H and O–H groups in total. The molecule has 1 unspecified atom stereocenters. The van der Waals surface area contributed by atoms with Crippen molar-refractivity contribution in [3.8, 4) is 11.5 Å². The van der Waals surface area contributed by atoms with Gasteiger partial charge in [0, 0.05) is 5.56 Å².